The van der Waals surface area contributed by atoms with Crippen LogP contribution in [-0.2, 0) is 14.4 Å². The number of carbonyl (C=O) groups is 5. The molecule has 0 aromatic heterocycles. The van der Waals surface area contributed by atoms with Gasteiger partial charge in [-0.2, -0.15) is 0 Å². The number of carbonyl (C=O) groups excluding carboxylic acids is 4. The highest BCUT2D eigenvalue weighted by molar-refractivity contribution is 6.48. The molecule has 5 N–H and O–H groups in total. The Hall–Kier alpha value is -3.84. The van der Waals surface area contributed by atoms with Gasteiger partial charge in [-0.3, -0.25) is 24.7 Å². The van der Waals surface area contributed by atoms with Crippen molar-refractivity contribution in [2.24, 2.45) is 5.84 Å². The molecule has 1 atom stereocenters. The first-order valence-electron chi connectivity index (χ1n) is 9.58. The molecule has 0 aliphatic carbocycles. The third-order valence-corrected chi connectivity index (χ3v) is 5.53. The lowest BCUT2D eigenvalue weighted by molar-refractivity contribution is -0.144. The standard InChI is InChI=1S/C19H21ClN6O7/c1-23(2)19(33)24-6-7-25(11(8-24)18(31)32)17(30)9-4-3-5-10(14(9)27)26(21)13-12(20)15(28)22-16(13)29/h3-5,11,27H,6-8,21H2,1-2H3,(H,31,32)(H,22,28,29). The van der Waals surface area contributed by atoms with E-state index in [-0.39, 0.29) is 30.9 Å². The van der Waals surface area contributed by atoms with Gasteiger partial charge in [-0.15, -0.1) is 0 Å². The Balaban J connectivity index is 1.92. The summed E-state index contributed by atoms with van der Waals surface area (Å²) in [6.07, 6.45) is 0. The number of nitrogens with two attached hydrogens (primary N) is 1. The number of imide groups is 1. The molecule has 2 aliphatic rings. The van der Waals surface area contributed by atoms with Gasteiger partial charge in [-0.05, 0) is 12.1 Å². The fourth-order valence-electron chi connectivity index (χ4n) is 3.51. The summed E-state index contributed by atoms with van der Waals surface area (Å²) in [5.41, 5.74) is -0.934. The quantitative estimate of drug-likeness (QED) is 0.241. The number of nitrogens with zero attached hydrogens (tertiary/aromatic N) is 4. The van der Waals surface area contributed by atoms with Gasteiger partial charge < -0.3 is 24.9 Å². The van der Waals surface area contributed by atoms with Crippen molar-refractivity contribution in [3.63, 3.8) is 0 Å². The van der Waals surface area contributed by atoms with E-state index in [9.17, 15) is 34.2 Å². The summed E-state index contributed by atoms with van der Waals surface area (Å²) in [4.78, 5) is 64.5. The molecule has 0 radical (unpaired) electrons. The fraction of sp³-hybridized carbons (Fsp3) is 0.316. The van der Waals surface area contributed by atoms with Crippen LogP contribution in [0.3, 0.4) is 0 Å². The highest BCUT2D eigenvalue weighted by Crippen LogP contribution is 2.34. The van der Waals surface area contributed by atoms with Crippen LogP contribution in [0, 0.1) is 0 Å². The molecule has 0 saturated carbocycles. The Labute approximate surface area is 192 Å². The Morgan fingerprint density at radius 3 is 2.39 bits per heavy atom. The molecule has 0 bridgehead atoms. The van der Waals surface area contributed by atoms with Gasteiger partial charge in [0.05, 0.1) is 12.1 Å². The summed E-state index contributed by atoms with van der Waals surface area (Å²) in [5, 5.41) is 22.5. The molecule has 13 nitrogen and oxygen atoms in total. The topological polar surface area (TPSA) is 177 Å². The van der Waals surface area contributed by atoms with E-state index in [1.165, 1.54) is 42.1 Å². The lowest BCUT2D eigenvalue weighted by Gasteiger charge is -2.40. The van der Waals surface area contributed by atoms with Gasteiger partial charge in [0.15, 0.2) is 5.75 Å². The van der Waals surface area contributed by atoms with E-state index in [0.717, 1.165) is 4.90 Å². The van der Waals surface area contributed by atoms with Crippen LogP contribution < -0.4 is 16.2 Å². The van der Waals surface area contributed by atoms with E-state index < -0.39 is 52.2 Å². The smallest absolute Gasteiger partial charge is 0.328 e. The first-order chi connectivity index (χ1) is 15.5. The average molecular weight is 481 g/mol. The van der Waals surface area contributed by atoms with Crippen molar-refractivity contribution in [1.29, 1.82) is 0 Å². The lowest BCUT2D eigenvalue weighted by atomic mass is 10.1. The molecule has 2 heterocycles. The van der Waals surface area contributed by atoms with Gasteiger partial charge in [0, 0.05) is 27.2 Å². The van der Waals surface area contributed by atoms with Gasteiger partial charge >= 0.3 is 12.0 Å². The number of carboxylic acids is 1. The zero-order chi connectivity index (χ0) is 24.6. The van der Waals surface area contributed by atoms with E-state index in [1.807, 2.05) is 5.32 Å². The number of benzene rings is 1. The number of amides is 5. The van der Waals surface area contributed by atoms with Gasteiger partial charge in [0.1, 0.15) is 22.5 Å². The molecular formula is C19H21ClN6O7. The molecule has 1 aromatic rings. The van der Waals surface area contributed by atoms with E-state index in [4.69, 9.17) is 17.4 Å². The van der Waals surface area contributed by atoms with Crippen molar-refractivity contribution in [3.8, 4) is 5.75 Å². The van der Waals surface area contributed by atoms with Crippen LogP contribution >= 0.6 is 11.6 Å². The third-order valence-electron chi connectivity index (χ3n) is 5.17. The molecule has 2 aliphatic heterocycles. The maximum atomic E-state index is 13.2. The molecule has 5 amide bonds. The van der Waals surface area contributed by atoms with Crippen molar-refractivity contribution in [2.75, 3.05) is 38.7 Å². The number of phenols is 1. The number of hydrogen-bond donors (Lipinski definition) is 4. The van der Waals surface area contributed by atoms with E-state index in [1.54, 1.807) is 0 Å². The third kappa shape index (κ3) is 4.27. The number of aromatic hydroxyl groups is 1. The van der Waals surface area contributed by atoms with E-state index in [2.05, 4.69) is 0 Å². The molecular weight excluding hydrogens is 460 g/mol. The van der Waals surface area contributed by atoms with Crippen LogP contribution in [-0.4, -0.2) is 94.4 Å². The summed E-state index contributed by atoms with van der Waals surface area (Å²) in [7, 11) is 3.05. The number of halogens is 1. The summed E-state index contributed by atoms with van der Waals surface area (Å²) in [6, 6.07) is 2.13. The van der Waals surface area contributed by atoms with Gasteiger partial charge in [-0.25, -0.2) is 15.4 Å². The van der Waals surface area contributed by atoms with Crippen LogP contribution in [0.2, 0.25) is 0 Å². The number of carboxylic acid groups (broad SMARTS) is 1. The second-order valence-electron chi connectivity index (χ2n) is 7.46. The van der Waals surface area contributed by atoms with Gasteiger partial charge in [0.2, 0.25) is 0 Å². The van der Waals surface area contributed by atoms with Crippen LogP contribution in [0.4, 0.5) is 10.5 Å². The number of hydrazine groups is 1. The molecule has 1 saturated heterocycles. The number of hydrogen-bond acceptors (Lipinski definition) is 8. The first-order valence-corrected chi connectivity index (χ1v) is 9.95. The van der Waals surface area contributed by atoms with E-state index in [0.29, 0.717) is 5.01 Å². The van der Waals surface area contributed by atoms with Gasteiger partial charge in [0.25, 0.3) is 17.7 Å². The van der Waals surface area contributed by atoms with Crippen LogP contribution in [0.15, 0.2) is 28.9 Å². The number of nitrogens with one attached hydrogen (secondary N) is 1. The number of piperazine rings is 1. The minimum absolute atomic E-state index is 0.0841. The zero-order valence-electron chi connectivity index (χ0n) is 17.6. The summed E-state index contributed by atoms with van der Waals surface area (Å²) in [6.45, 7) is -0.258. The van der Waals surface area contributed by atoms with Crippen molar-refractivity contribution < 1.29 is 34.2 Å². The molecule has 1 unspecified atom stereocenters. The van der Waals surface area contributed by atoms with Crippen LogP contribution in [0.1, 0.15) is 10.4 Å². The molecule has 1 aromatic carbocycles. The second kappa shape index (κ2) is 8.96. The second-order valence-corrected chi connectivity index (χ2v) is 7.84. The largest absolute Gasteiger partial charge is 0.505 e. The Morgan fingerprint density at radius 2 is 1.85 bits per heavy atom. The minimum atomic E-state index is -1.36. The fourth-order valence-corrected chi connectivity index (χ4v) is 3.73. The molecule has 1 fully saturated rings. The predicted octanol–water partition coefficient (Wildman–Crippen LogP) is -0.928. The number of aliphatic carboxylic acids is 1. The number of anilines is 1. The Morgan fingerprint density at radius 1 is 1.18 bits per heavy atom. The average Bonchev–Trinajstić information content (AvgIpc) is 3.03. The number of rotatable bonds is 4. The summed E-state index contributed by atoms with van der Waals surface area (Å²) in [5.74, 6) is 1.34. The number of para-hydroxylation sites is 1. The molecule has 0 spiro atoms. The molecule has 176 valence electrons. The zero-order valence-corrected chi connectivity index (χ0v) is 18.4. The SMILES string of the molecule is CN(C)C(=O)N1CCN(C(=O)c2cccc(N(N)C3=C(Cl)C(=O)NC3=O)c2O)C(C(=O)O)C1. The monoisotopic (exact) mass is 480 g/mol. The Bertz CT molecular complexity index is 1090. The molecule has 14 heteroatoms. The van der Waals surface area contributed by atoms with E-state index >= 15 is 0 Å². The minimum Gasteiger partial charge on any atom is -0.505 e. The maximum absolute atomic E-state index is 13.2. The highest BCUT2D eigenvalue weighted by Gasteiger charge is 2.39. The summed E-state index contributed by atoms with van der Waals surface area (Å²) < 4.78 is 0. The van der Waals surface area contributed by atoms with Crippen molar-refractivity contribution in [3.05, 3.63) is 34.5 Å². The summed E-state index contributed by atoms with van der Waals surface area (Å²) >= 11 is 5.83. The van der Waals surface area contributed by atoms with Crippen molar-refractivity contribution in [2.45, 2.75) is 6.04 Å². The highest BCUT2D eigenvalue weighted by atomic mass is 35.5. The normalized spacial score (nSPS) is 18.4. The molecule has 3 rings (SSSR count). The van der Waals surface area contributed by atoms with Crippen LogP contribution in [0.5, 0.6) is 5.75 Å². The lowest BCUT2D eigenvalue weighted by Crippen LogP contribution is -2.60. The van der Waals surface area contributed by atoms with Crippen LogP contribution in [0.25, 0.3) is 0 Å². The first kappa shape index (κ1) is 23.8. The Kier molecular flexibility index (Phi) is 6.46. The van der Waals surface area contributed by atoms with Gasteiger partial charge in [-0.1, -0.05) is 17.7 Å². The predicted molar refractivity (Wildman–Crippen MR) is 114 cm³/mol. The number of phenolic OH excluding ortho intramolecular Hbond substituents is 1. The molecule has 33 heavy (non-hydrogen) atoms. The maximum Gasteiger partial charge on any atom is 0.328 e. The van der Waals surface area contributed by atoms with Crippen molar-refractivity contribution in [1.82, 2.24) is 20.0 Å². The van der Waals surface area contributed by atoms with Crippen molar-refractivity contribution >= 4 is 47.0 Å². The number of urea groups is 1.